The Morgan fingerprint density at radius 2 is 1.26 bits per heavy atom. The number of ether oxygens (including phenoxy) is 2. The fraction of sp³-hybridized carbons (Fsp3) is 0.333. The predicted octanol–water partition coefficient (Wildman–Crippen LogP) is 3.56. The van der Waals surface area contributed by atoms with Gasteiger partial charge in [0.05, 0.1) is 12.1 Å². The van der Waals surface area contributed by atoms with Crippen LogP contribution >= 0.6 is 7.59 Å². The summed E-state index contributed by atoms with van der Waals surface area (Å²) in [4.78, 5) is 0. The maximum atomic E-state index is 14.4. The van der Waals surface area contributed by atoms with Crippen LogP contribution < -0.4 is 4.49 Å². The minimum Gasteiger partial charge on any atom is -0.473 e. The highest BCUT2D eigenvalue weighted by Gasteiger charge is 2.64. The Balaban J connectivity index is 1.54. The molecular formula is C21H21F3N3O5PS. The van der Waals surface area contributed by atoms with Gasteiger partial charge < -0.3 is 9.47 Å². The van der Waals surface area contributed by atoms with Gasteiger partial charge in [0.1, 0.15) is 13.2 Å². The summed E-state index contributed by atoms with van der Waals surface area (Å²) >= 11 is 0. The molecule has 5 rings (SSSR count). The first-order valence-electron chi connectivity index (χ1n) is 10.5. The van der Waals surface area contributed by atoms with Crippen LogP contribution in [-0.2, 0) is 36.9 Å². The zero-order valence-electron chi connectivity index (χ0n) is 17.7. The minimum atomic E-state index is -5.94. The molecule has 8 nitrogen and oxygen atoms in total. The van der Waals surface area contributed by atoms with Crippen molar-refractivity contribution >= 4 is 17.6 Å². The number of fused-ring (bicyclic) bond motifs is 2. The second-order valence-electron chi connectivity index (χ2n) is 8.19. The lowest BCUT2D eigenvalue weighted by molar-refractivity contribution is -0.0442. The lowest BCUT2D eigenvalue weighted by atomic mass is 10.1. The lowest BCUT2D eigenvalue weighted by Gasteiger charge is -2.35. The molecule has 2 fully saturated rings. The molecule has 0 aliphatic carbocycles. The third-order valence-electron chi connectivity index (χ3n) is 5.87. The largest absolute Gasteiger partial charge is 0.511 e. The third-order valence-corrected chi connectivity index (χ3v) is 10.6. The molecule has 3 aliphatic rings. The van der Waals surface area contributed by atoms with Crippen LogP contribution in [-0.4, -0.2) is 48.6 Å². The highest BCUT2D eigenvalue weighted by Crippen LogP contribution is 2.66. The Kier molecular flexibility index (Phi) is 5.57. The Labute approximate surface area is 194 Å². The number of hydrogen-bond acceptors (Lipinski definition) is 5. The van der Waals surface area contributed by atoms with Crippen LogP contribution in [0.25, 0.3) is 0 Å². The van der Waals surface area contributed by atoms with Crippen molar-refractivity contribution in [3.05, 3.63) is 83.6 Å². The van der Waals surface area contributed by atoms with E-state index in [9.17, 15) is 26.2 Å². The van der Waals surface area contributed by atoms with Crippen LogP contribution in [0.1, 0.15) is 11.1 Å². The van der Waals surface area contributed by atoms with Crippen molar-refractivity contribution in [2.45, 2.75) is 30.4 Å². The Bertz CT molecular complexity index is 1190. The van der Waals surface area contributed by atoms with E-state index in [1.165, 1.54) is 4.49 Å². The summed E-state index contributed by atoms with van der Waals surface area (Å²) in [5.74, 6) is -0.0191. The SMILES string of the molecule is O=P1(NS(=O)(=O)C(F)(F)F)N2C(=C3OC[C@H](Cc4ccccc4)N31)OC[C@@H]2Cc1ccccc1. The van der Waals surface area contributed by atoms with Crippen molar-refractivity contribution in [1.29, 1.82) is 0 Å². The van der Waals surface area contributed by atoms with E-state index >= 15 is 0 Å². The number of hydrogen-bond donors (Lipinski definition) is 1. The Morgan fingerprint density at radius 3 is 1.65 bits per heavy atom. The summed E-state index contributed by atoms with van der Waals surface area (Å²) < 4.78 is 93.9. The van der Waals surface area contributed by atoms with E-state index < -0.39 is 35.2 Å². The Hall–Kier alpha value is -2.69. The number of alkyl halides is 3. The molecule has 3 aliphatic heterocycles. The van der Waals surface area contributed by atoms with Gasteiger partial charge in [0.25, 0.3) is 11.8 Å². The summed E-state index contributed by atoms with van der Waals surface area (Å²) in [6.07, 6.45) is 0.569. The molecule has 0 aromatic heterocycles. The first kappa shape index (κ1) is 23.1. The monoisotopic (exact) mass is 515 g/mol. The minimum absolute atomic E-state index is 0.00954. The topological polar surface area (TPSA) is 88.2 Å². The molecule has 2 aromatic carbocycles. The quantitative estimate of drug-likeness (QED) is 0.589. The molecule has 182 valence electrons. The normalized spacial score (nSPS) is 23.5. The second kappa shape index (κ2) is 8.21. The van der Waals surface area contributed by atoms with Crippen molar-refractivity contribution in [2.75, 3.05) is 13.2 Å². The molecule has 2 atom stereocenters. The van der Waals surface area contributed by atoms with Crippen molar-refractivity contribution in [3.63, 3.8) is 0 Å². The molecule has 13 heteroatoms. The molecule has 2 aromatic rings. The van der Waals surface area contributed by atoms with Crippen LogP contribution in [0.2, 0.25) is 0 Å². The van der Waals surface area contributed by atoms with Crippen LogP contribution in [0, 0.1) is 0 Å². The number of rotatable bonds is 6. The second-order valence-corrected chi connectivity index (χ2v) is 12.3. The number of halogens is 3. The van der Waals surface area contributed by atoms with Gasteiger partial charge in [0, 0.05) is 0 Å². The van der Waals surface area contributed by atoms with Crippen LogP contribution in [0.15, 0.2) is 72.4 Å². The van der Waals surface area contributed by atoms with Gasteiger partial charge in [-0.25, -0.2) is 8.42 Å². The van der Waals surface area contributed by atoms with Gasteiger partial charge in [0.15, 0.2) is 0 Å². The smallest absolute Gasteiger partial charge is 0.473 e. The van der Waals surface area contributed by atoms with Gasteiger partial charge >= 0.3 is 23.1 Å². The number of nitrogens with one attached hydrogen (secondary N) is 1. The predicted molar refractivity (Wildman–Crippen MR) is 116 cm³/mol. The molecule has 0 unspecified atom stereocenters. The van der Waals surface area contributed by atoms with Gasteiger partial charge in [-0.3, -0.25) is 13.9 Å². The zero-order chi connectivity index (χ0) is 24.1. The van der Waals surface area contributed by atoms with Crippen LogP contribution in [0.4, 0.5) is 13.2 Å². The lowest BCUT2D eigenvalue weighted by Crippen LogP contribution is -2.45. The molecule has 0 spiro atoms. The highest BCUT2D eigenvalue weighted by atomic mass is 32.2. The summed E-state index contributed by atoms with van der Waals surface area (Å²) in [5.41, 5.74) is -3.97. The van der Waals surface area contributed by atoms with Gasteiger partial charge in [-0.05, 0) is 24.0 Å². The maximum Gasteiger partial charge on any atom is 0.511 e. The first-order valence-corrected chi connectivity index (χ1v) is 13.6. The van der Waals surface area contributed by atoms with E-state index in [-0.39, 0.29) is 37.8 Å². The van der Waals surface area contributed by atoms with Crippen molar-refractivity contribution in [2.24, 2.45) is 0 Å². The average molecular weight is 515 g/mol. The zero-order valence-corrected chi connectivity index (χ0v) is 19.4. The van der Waals surface area contributed by atoms with Crippen molar-refractivity contribution in [3.8, 4) is 0 Å². The van der Waals surface area contributed by atoms with E-state index in [2.05, 4.69) is 0 Å². The van der Waals surface area contributed by atoms with E-state index in [1.54, 1.807) is 24.3 Å². The molecule has 2 saturated heterocycles. The van der Waals surface area contributed by atoms with E-state index in [0.29, 0.717) is 0 Å². The molecule has 0 amide bonds. The van der Waals surface area contributed by atoms with Gasteiger partial charge in [-0.15, -0.1) is 4.49 Å². The van der Waals surface area contributed by atoms with E-state index in [0.717, 1.165) is 20.5 Å². The van der Waals surface area contributed by atoms with Crippen LogP contribution in [0.5, 0.6) is 0 Å². The fourth-order valence-electron chi connectivity index (χ4n) is 4.43. The summed E-state index contributed by atoms with van der Waals surface area (Å²) in [5, 5.41) is 0. The standard InChI is InChI=1S/C21H21F3N3O5PS/c22-21(23,24)34(29,30)25-33(28)26-17(11-15-7-3-1-4-8-15)13-31-19(26)20-27(33)18(14-32-20)12-16-9-5-2-6-10-16/h1-10,17-18H,11-14H2,(H,25,28)/t17-,18-/m0/s1. The maximum absolute atomic E-state index is 14.4. The van der Waals surface area contributed by atoms with Gasteiger partial charge in [0.2, 0.25) is 0 Å². The molecule has 0 bridgehead atoms. The summed E-state index contributed by atoms with van der Waals surface area (Å²) in [6, 6.07) is 16.8. The fourth-order valence-corrected chi connectivity index (χ4v) is 8.97. The van der Waals surface area contributed by atoms with Crippen molar-refractivity contribution < 1.29 is 35.6 Å². The number of nitrogens with zero attached hydrogens (tertiary/aromatic N) is 2. The Morgan fingerprint density at radius 1 is 0.853 bits per heavy atom. The average Bonchev–Trinajstić information content (AvgIpc) is 3.44. The molecule has 3 heterocycles. The van der Waals surface area contributed by atoms with Crippen molar-refractivity contribution in [1.82, 2.24) is 13.8 Å². The molecule has 0 radical (unpaired) electrons. The van der Waals surface area contributed by atoms with Gasteiger partial charge in [-0.1, -0.05) is 60.7 Å². The van der Waals surface area contributed by atoms with Gasteiger partial charge in [-0.2, -0.15) is 13.2 Å². The number of benzene rings is 2. The van der Waals surface area contributed by atoms with E-state index in [4.69, 9.17) is 9.47 Å². The van der Waals surface area contributed by atoms with E-state index in [1.807, 2.05) is 36.4 Å². The summed E-state index contributed by atoms with van der Waals surface area (Å²) in [7, 11) is -10.5. The molecule has 34 heavy (non-hydrogen) atoms. The number of sulfonamides is 1. The summed E-state index contributed by atoms with van der Waals surface area (Å²) in [6.45, 7) is 0.0397. The third kappa shape index (κ3) is 3.83. The molecule has 0 saturated carbocycles. The van der Waals surface area contributed by atoms with Crippen LogP contribution in [0.3, 0.4) is 0 Å². The molecule has 1 N–H and O–H groups in total. The molecular weight excluding hydrogens is 494 g/mol. The first-order chi connectivity index (χ1) is 16.1. The highest BCUT2D eigenvalue weighted by molar-refractivity contribution is 7.96.